The number of aryl methyl sites for hydroxylation is 1. The summed E-state index contributed by atoms with van der Waals surface area (Å²) in [6, 6.07) is 26.7. The summed E-state index contributed by atoms with van der Waals surface area (Å²) < 4.78 is 6.26. The van der Waals surface area contributed by atoms with E-state index in [1.54, 1.807) is 11.8 Å². The molecule has 0 unspecified atom stereocenters. The van der Waals surface area contributed by atoms with E-state index < -0.39 is 5.97 Å². The Bertz CT molecular complexity index is 874. The number of ether oxygens (including phenoxy) is 1. The zero-order valence-corrected chi connectivity index (χ0v) is 17.9. The second-order valence-corrected chi connectivity index (χ2v) is 8.72. The average molecular weight is 425 g/mol. The molecule has 3 aromatic rings. The van der Waals surface area contributed by atoms with Gasteiger partial charge >= 0.3 is 5.97 Å². The van der Waals surface area contributed by atoms with Gasteiger partial charge in [0.15, 0.2) is 0 Å². The van der Waals surface area contributed by atoms with Crippen LogP contribution in [-0.2, 0) is 9.53 Å². The van der Waals surface area contributed by atoms with Crippen LogP contribution in [0.1, 0.15) is 22.8 Å². The van der Waals surface area contributed by atoms with E-state index in [-0.39, 0.29) is 11.9 Å². The summed E-state index contributed by atoms with van der Waals surface area (Å²) in [7, 11) is 0. The van der Waals surface area contributed by atoms with E-state index in [0.29, 0.717) is 6.61 Å². The van der Waals surface area contributed by atoms with E-state index in [1.807, 2.05) is 55.5 Å². The van der Waals surface area contributed by atoms with Gasteiger partial charge in [0, 0.05) is 15.5 Å². The minimum Gasteiger partial charge on any atom is -0.481 e. The number of carboxylic acid groups (broad SMARTS) is 1. The van der Waals surface area contributed by atoms with Crippen molar-refractivity contribution in [1.29, 1.82) is 0 Å². The first-order valence-electron chi connectivity index (χ1n) is 9.43. The molecule has 3 nitrogen and oxygen atoms in total. The van der Waals surface area contributed by atoms with Gasteiger partial charge in [0.1, 0.15) is 6.10 Å². The molecule has 5 heteroatoms. The lowest BCUT2D eigenvalue weighted by Gasteiger charge is -2.19. The zero-order chi connectivity index (χ0) is 20.5. The lowest BCUT2D eigenvalue weighted by atomic mass is 10.0. The molecule has 0 aromatic heterocycles. The molecule has 0 radical (unpaired) electrons. The number of benzene rings is 3. The first-order chi connectivity index (χ1) is 14.1. The molecule has 1 N–H and O–H groups in total. The van der Waals surface area contributed by atoms with Crippen LogP contribution in [0.3, 0.4) is 0 Å². The van der Waals surface area contributed by atoms with Crippen LogP contribution in [0.5, 0.6) is 0 Å². The van der Waals surface area contributed by atoms with Crippen LogP contribution >= 0.6 is 23.5 Å². The van der Waals surface area contributed by atoms with Crippen molar-refractivity contribution in [3.63, 3.8) is 0 Å². The van der Waals surface area contributed by atoms with E-state index >= 15 is 0 Å². The molecule has 0 saturated carbocycles. The fraction of sp³-hybridized carbons (Fsp3) is 0.208. The van der Waals surface area contributed by atoms with Crippen LogP contribution in [0.15, 0.2) is 88.7 Å². The van der Waals surface area contributed by atoms with Gasteiger partial charge in [0.05, 0.1) is 12.4 Å². The third kappa shape index (κ3) is 6.67. The number of thioether (sulfide) groups is 2. The van der Waals surface area contributed by atoms with Crippen LogP contribution in [-0.4, -0.2) is 29.2 Å². The fourth-order valence-corrected chi connectivity index (χ4v) is 4.55. The number of hydrogen-bond acceptors (Lipinski definition) is 4. The van der Waals surface area contributed by atoms with E-state index in [1.165, 1.54) is 16.7 Å². The minimum atomic E-state index is -0.795. The Morgan fingerprint density at radius 3 is 2.10 bits per heavy atom. The molecule has 3 rings (SSSR count). The third-order valence-electron chi connectivity index (χ3n) is 4.34. The van der Waals surface area contributed by atoms with Gasteiger partial charge in [-0.3, -0.25) is 4.79 Å². The lowest BCUT2D eigenvalue weighted by Crippen LogP contribution is -2.08. The Kier molecular flexibility index (Phi) is 8.23. The molecule has 3 aromatic carbocycles. The minimum absolute atomic E-state index is 0.0745. The normalized spacial score (nSPS) is 11.0. The highest BCUT2D eigenvalue weighted by molar-refractivity contribution is 8.00. The second-order valence-electron chi connectivity index (χ2n) is 6.53. The second kappa shape index (κ2) is 11.1. The van der Waals surface area contributed by atoms with Crippen molar-refractivity contribution in [2.45, 2.75) is 22.8 Å². The molecule has 0 amide bonds. The van der Waals surface area contributed by atoms with E-state index in [9.17, 15) is 4.79 Å². The summed E-state index contributed by atoms with van der Waals surface area (Å²) in [6.07, 6.45) is -0.0745. The van der Waals surface area contributed by atoms with Gasteiger partial charge in [-0.05, 0) is 41.8 Å². The maximum absolute atomic E-state index is 10.7. The predicted octanol–water partition coefficient (Wildman–Crippen LogP) is 6.07. The molecule has 0 spiro atoms. The summed E-state index contributed by atoms with van der Waals surface area (Å²) in [5, 5.41) is 8.83. The summed E-state index contributed by atoms with van der Waals surface area (Å²) in [4.78, 5) is 12.9. The molecule has 0 atom stereocenters. The molecule has 150 valence electrons. The maximum Gasteiger partial charge on any atom is 0.313 e. The lowest BCUT2D eigenvalue weighted by molar-refractivity contribution is -0.133. The van der Waals surface area contributed by atoms with E-state index in [4.69, 9.17) is 9.84 Å². The predicted molar refractivity (Wildman–Crippen MR) is 121 cm³/mol. The van der Waals surface area contributed by atoms with Crippen molar-refractivity contribution < 1.29 is 14.6 Å². The van der Waals surface area contributed by atoms with Gasteiger partial charge in [0.2, 0.25) is 0 Å². The Morgan fingerprint density at radius 1 is 0.931 bits per heavy atom. The molecular weight excluding hydrogens is 400 g/mol. The van der Waals surface area contributed by atoms with Crippen LogP contribution in [0.4, 0.5) is 0 Å². The van der Waals surface area contributed by atoms with Gasteiger partial charge in [-0.15, -0.1) is 23.5 Å². The fourth-order valence-electron chi connectivity index (χ4n) is 2.98. The quantitative estimate of drug-likeness (QED) is 0.316. The Morgan fingerprint density at radius 2 is 1.55 bits per heavy atom. The summed E-state index contributed by atoms with van der Waals surface area (Å²) in [5.41, 5.74) is 3.41. The monoisotopic (exact) mass is 424 g/mol. The van der Waals surface area contributed by atoms with Crippen molar-refractivity contribution in [1.82, 2.24) is 0 Å². The van der Waals surface area contributed by atoms with E-state index in [2.05, 4.69) is 30.3 Å². The summed E-state index contributed by atoms with van der Waals surface area (Å²) >= 11 is 3.11. The van der Waals surface area contributed by atoms with Gasteiger partial charge in [0.25, 0.3) is 0 Å². The first-order valence-corrected chi connectivity index (χ1v) is 11.4. The molecule has 0 bridgehead atoms. The summed E-state index contributed by atoms with van der Waals surface area (Å²) in [5.74, 6) is 0.134. The third-order valence-corrected chi connectivity index (χ3v) is 6.46. The Balaban J connectivity index is 1.56. The number of carboxylic acids is 1. The van der Waals surface area contributed by atoms with Crippen LogP contribution < -0.4 is 0 Å². The highest BCUT2D eigenvalue weighted by Crippen LogP contribution is 2.29. The van der Waals surface area contributed by atoms with Crippen LogP contribution in [0, 0.1) is 6.92 Å². The molecule has 0 aliphatic rings. The molecule has 0 fully saturated rings. The molecule has 0 heterocycles. The van der Waals surface area contributed by atoms with Gasteiger partial charge in [-0.2, -0.15) is 0 Å². The molecule has 0 aliphatic heterocycles. The van der Waals surface area contributed by atoms with Gasteiger partial charge in [-0.25, -0.2) is 0 Å². The molecule has 0 aliphatic carbocycles. The van der Waals surface area contributed by atoms with E-state index in [0.717, 1.165) is 27.3 Å². The number of aliphatic carboxylic acids is 1. The van der Waals surface area contributed by atoms with Crippen molar-refractivity contribution in [2.24, 2.45) is 0 Å². The topological polar surface area (TPSA) is 46.5 Å². The largest absolute Gasteiger partial charge is 0.481 e. The highest BCUT2D eigenvalue weighted by Gasteiger charge is 2.14. The van der Waals surface area contributed by atoms with Gasteiger partial charge in [-0.1, -0.05) is 60.7 Å². The highest BCUT2D eigenvalue weighted by atomic mass is 32.2. The average Bonchev–Trinajstić information content (AvgIpc) is 2.74. The zero-order valence-electron chi connectivity index (χ0n) is 16.3. The number of carbonyl (C=O) groups is 1. The van der Waals surface area contributed by atoms with Crippen molar-refractivity contribution >= 4 is 29.5 Å². The maximum atomic E-state index is 10.7. The smallest absolute Gasteiger partial charge is 0.313 e. The standard InChI is InChI=1S/C24H24O3S2/c1-18-16-21(12-13-22(18)29-17-23(25)26)28-15-14-27-24(19-8-4-2-5-9-19)20-10-6-3-7-11-20/h2-13,16,24H,14-15,17H2,1H3,(H,25,26). The van der Waals surface area contributed by atoms with Crippen molar-refractivity contribution in [3.05, 3.63) is 95.6 Å². The Labute approximate surface area is 180 Å². The SMILES string of the molecule is Cc1cc(SCCOC(c2ccccc2)c2ccccc2)ccc1SCC(=O)O. The Hall–Kier alpha value is -2.21. The van der Waals surface area contributed by atoms with Crippen LogP contribution in [0.25, 0.3) is 0 Å². The van der Waals surface area contributed by atoms with Crippen molar-refractivity contribution in [3.8, 4) is 0 Å². The van der Waals surface area contributed by atoms with Gasteiger partial charge < -0.3 is 9.84 Å². The number of rotatable bonds is 10. The van der Waals surface area contributed by atoms with Crippen LogP contribution in [0.2, 0.25) is 0 Å². The molecular formula is C24H24O3S2. The first kappa shape index (κ1) is 21.5. The molecule has 29 heavy (non-hydrogen) atoms. The molecule has 0 saturated heterocycles. The number of hydrogen-bond donors (Lipinski definition) is 1. The summed E-state index contributed by atoms with van der Waals surface area (Å²) in [6.45, 7) is 2.65. The van der Waals surface area contributed by atoms with Crippen molar-refractivity contribution in [2.75, 3.05) is 18.1 Å².